The van der Waals surface area contributed by atoms with Crippen LogP contribution in [0.15, 0.2) is 24.3 Å². The maximum atomic E-state index is 6.02. The van der Waals surface area contributed by atoms with Gasteiger partial charge < -0.3 is 10.5 Å². The highest BCUT2D eigenvalue weighted by Gasteiger charge is 2.48. The van der Waals surface area contributed by atoms with Gasteiger partial charge in [0.2, 0.25) is 0 Å². The first-order valence-electron chi connectivity index (χ1n) is 4.77. The molecule has 2 rings (SSSR count). The van der Waals surface area contributed by atoms with Crippen LogP contribution in [0.5, 0.6) is 5.75 Å². The number of nitrogens with two attached hydrogens (primary N) is 1. The molecule has 2 nitrogen and oxygen atoms in total. The van der Waals surface area contributed by atoms with Gasteiger partial charge in [-0.15, -0.1) is 0 Å². The third-order valence-corrected chi connectivity index (χ3v) is 3.05. The van der Waals surface area contributed by atoms with E-state index >= 15 is 0 Å². The predicted octanol–water partition coefficient (Wildman–Crippen LogP) is 2.46. The van der Waals surface area contributed by atoms with E-state index in [-0.39, 0.29) is 5.54 Å². The SMILES string of the molecule is CC1CC1(N)COc1cccc(Cl)c1. The van der Waals surface area contributed by atoms with Crippen molar-refractivity contribution in [2.45, 2.75) is 18.9 Å². The zero-order valence-electron chi connectivity index (χ0n) is 8.16. The molecule has 0 radical (unpaired) electrons. The van der Waals surface area contributed by atoms with E-state index in [0.717, 1.165) is 12.2 Å². The first kappa shape index (κ1) is 9.81. The van der Waals surface area contributed by atoms with Gasteiger partial charge in [-0.1, -0.05) is 24.6 Å². The molecule has 3 heteroatoms. The lowest BCUT2D eigenvalue weighted by Crippen LogP contribution is -2.32. The van der Waals surface area contributed by atoms with E-state index < -0.39 is 0 Å². The van der Waals surface area contributed by atoms with E-state index in [1.165, 1.54) is 0 Å². The maximum absolute atomic E-state index is 6.02. The summed E-state index contributed by atoms with van der Waals surface area (Å²) in [5.74, 6) is 1.36. The fourth-order valence-electron chi connectivity index (χ4n) is 1.49. The maximum Gasteiger partial charge on any atom is 0.120 e. The van der Waals surface area contributed by atoms with Crippen molar-refractivity contribution in [2.24, 2.45) is 11.7 Å². The number of benzene rings is 1. The van der Waals surface area contributed by atoms with E-state index in [1.807, 2.05) is 18.2 Å². The van der Waals surface area contributed by atoms with Gasteiger partial charge in [-0.3, -0.25) is 0 Å². The molecular formula is C11H14ClNO. The van der Waals surface area contributed by atoms with Crippen LogP contribution < -0.4 is 10.5 Å². The molecule has 0 heterocycles. The van der Waals surface area contributed by atoms with Crippen LogP contribution in [-0.4, -0.2) is 12.1 Å². The summed E-state index contributed by atoms with van der Waals surface area (Å²) in [6.07, 6.45) is 1.05. The van der Waals surface area contributed by atoms with Gasteiger partial charge in [-0.05, 0) is 30.5 Å². The predicted molar refractivity (Wildman–Crippen MR) is 57.6 cm³/mol. The Morgan fingerprint density at radius 3 is 2.93 bits per heavy atom. The number of hydrogen-bond donors (Lipinski definition) is 1. The molecule has 1 aromatic carbocycles. The zero-order chi connectivity index (χ0) is 10.2. The van der Waals surface area contributed by atoms with Gasteiger partial charge in [0, 0.05) is 5.02 Å². The molecule has 0 saturated heterocycles. The molecule has 1 saturated carbocycles. The molecule has 0 aliphatic heterocycles. The molecular weight excluding hydrogens is 198 g/mol. The van der Waals surface area contributed by atoms with Crippen molar-refractivity contribution in [1.82, 2.24) is 0 Å². The van der Waals surface area contributed by atoms with Crippen LogP contribution in [0.3, 0.4) is 0 Å². The summed E-state index contributed by atoms with van der Waals surface area (Å²) in [6, 6.07) is 7.39. The molecule has 0 bridgehead atoms. The van der Waals surface area contributed by atoms with Crippen LogP contribution in [0.2, 0.25) is 5.02 Å². The molecule has 2 unspecified atom stereocenters. The van der Waals surface area contributed by atoms with Crippen molar-refractivity contribution >= 4 is 11.6 Å². The highest BCUT2D eigenvalue weighted by Crippen LogP contribution is 2.40. The Balaban J connectivity index is 1.92. The molecule has 0 spiro atoms. The lowest BCUT2D eigenvalue weighted by atomic mass is 10.2. The second-order valence-corrected chi connectivity index (χ2v) is 4.52. The molecule has 1 aromatic rings. The van der Waals surface area contributed by atoms with Gasteiger partial charge in [0.1, 0.15) is 12.4 Å². The Hall–Kier alpha value is -0.730. The molecule has 1 fully saturated rings. The second-order valence-electron chi connectivity index (χ2n) is 4.08. The summed E-state index contributed by atoms with van der Waals surface area (Å²) in [6.45, 7) is 2.72. The minimum Gasteiger partial charge on any atom is -0.492 e. The van der Waals surface area contributed by atoms with Crippen LogP contribution >= 0.6 is 11.6 Å². The lowest BCUT2D eigenvalue weighted by Gasteiger charge is -2.12. The quantitative estimate of drug-likeness (QED) is 0.834. The molecule has 2 atom stereocenters. The number of hydrogen-bond acceptors (Lipinski definition) is 2. The van der Waals surface area contributed by atoms with Crippen LogP contribution in [0.25, 0.3) is 0 Å². The van der Waals surface area contributed by atoms with Gasteiger partial charge in [-0.2, -0.15) is 0 Å². The highest BCUT2D eigenvalue weighted by molar-refractivity contribution is 6.30. The van der Waals surface area contributed by atoms with Crippen molar-refractivity contribution in [3.05, 3.63) is 29.3 Å². The average Bonchev–Trinajstić information content (AvgIpc) is 2.72. The van der Waals surface area contributed by atoms with Crippen molar-refractivity contribution in [3.8, 4) is 5.75 Å². The zero-order valence-corrected chi connectivity index (χ0v) is 8.92. The number of ether oxygens (including phenoxy) is 1. The van der Waals surface area contributed by atoms with Crippen LogP contribution in [0, 0.1) is 5.92 Å². The third-order valence-electron chi connectivity index (χ3n) is 2.81. The smallest absolute Gasteiger partial charge is 0.120 e. The van der Waals surface area contributed by atoms with Crippen LogP contribution in [-0.2, 0) is 0 Å². The van der Waals surface area contributed by atoms with Crippen molar-refractivity contribution in [1.29, 1.82) is 0 Å². The molecule has 0 aromatic heterocycles. The fourth-order valence-corrected chi connectivity index (χ4v) is 1.67. The first-order chi connectivity index (χ1) is 6.60. The van der Waals surface area contributed by atoms with Gasteiger partial charge in [-0.25, -0.2) is 0 Å². The van der Waals surface area contributed by atoms with Gasteiger partial charge in [0.05, 0.1) is 5.54 Å². The largest absolute Gasteiger partial charge is 0.492 e. The Kier molecular flexibility index (Phi) is 2.41. The summed E-state index contributed by atoms with van der Waals surface area (Å²) < 4.78 is 5.57. The Morgan fingerprint density at radius 2 is 2.36 bits per heavy atom. The van der Waals surface area contributed by atoms with E-state index in [4.69, 9.17) is 22.1 Å². The van der Waals surface area contributed by atoms with Gasteiger partial charge >= 0.3 is 0 Å². The van der Waals surface area contributed by atoms with Gasteiger partial charge in [0.25, 0.3) is 0 Å². The van der Waals surface area contributed by atoms with E-state index in [1.54, 1.807) is 6.07 Å². The van der Waals surface area contributed by atoms with Crippen LogP contribution in [0.1, 0.15) is 13.3 Å². The highest BCUT2D eigenvalue weighted by atomic mass is 35.5. The number of halogens is 1. The average molecular weight is 212 g/mol. The summed E-state index contributed by atoms with van der Waals surface area (Å²) in [4.78, 5) is 0. The molecule has 1 aliphatic rings. The summed E-state index contributed by atoms with van der Waals surface area (Å²) >= 11 is 5.83. The van der Waals surface area contributed by atoms with E-state index in [2.05, 4.69) is 6.92 Å². The van der Waals surface area contributed by atoms with E-state index in [9.17, 15) is 0 Å². The Morgan fingerprint density at radius 1 is 1.64 bits per heavy atom. The topological polar surface area (TPSA) is 35.2 Å². The Labute approximate surface area is 89.0 Å². The summed E-state index contributed by atoms with van der Waals surface area (Å²) in [7, 11) is 0. The minimum absolute atomic E-state index is 0.109. The third kappa shape index (κ3) is 2.02. The van der Waals surface area contributed by atoms with Crippen molar-refractivity contribution in [3.63, 3.8) is 0 Å². The summed E-state index contributed by atoms with van der Waals surface area (Å²) in [5, 5.41) is 0.692. The van der Waals surface area contributed by atoms with Crippen molar-refractivity contribution < 1.29 is 4.74 Å². The molecule has 1 aliphatic carbocycles. The van der Waals surface area contributed by atoms with Gasteiger partial charge in [0.15, 0.2) is 0 Å². The molecule has 14 heavy (non-hydrogen) atoms. The normalized spacial score (nSPS) is 30.1. The minimum atomic E-state index is -0.109. The number of rotatable bonds is 3. The Bertz CT molecular complexity index is 342. The monoisotopic (exact) mass is 211 g/mol. The molecule has 2 N–H and O–H groups in total. The van der Waals surface area contributed by atoms with E-state index in [0.29, 0.717) is 17.5 Å². The van der Waals surface area contributed by atoms with Crippen molar-refractivity contribution in [2.75, 3.05) is 6.61 Å². The fraction of sp³-hybridized carbons (Fsp3) is 0.455. The molecule has 0 amide bonds. The first-order valence-corrected chi connectivity index (χ1v) is 5.15. The molecule has 76 valence electrons. The second kappa shape index (κ2) is 3.44. The summed E-state index contributed by atoms with van der Waals surface area (Å²) in [5.41, 5.74) is 5.91. The van der Waals surface area contributed by atoms with Crippen LogP contribution in [0.4, 0.5) is 0 Å². The standard InChI is InChI=1S/C11H14ClNO/c1-8-6-11(8,13)7-14-10-4-2-3-9(12)5-10/h2-5,8H,6-7,13H2,1H3. The lowest BCUT2D eigenvalue weighted by molar-refractivity contribution is 0.271.